The molecule has 0 heterocycles. The molecule has 0 aliphatic heterocycles. The molecule has 1 rings (SSSR count). The zero-order valence-electron chi connectivity index (χ0n) is 10.4. The first kappa shape index (κ1) is 15.8. The van der Waals surface area contributed by atoms with Gasteiger partial charge in [-0.2, -0.15) is 0 Å². The Morgan fingerprint density at radius 1 is 1.53 bits per heavy atom. The number of hydrogen-bond donors (Lipinski definition) is 2. The number of aryl methyl sites for hydroxylation is 1. The summed E-state index contributed by atoms with van der Waals surface area (Å²) >= 11 is 1.42. The fraction of sp³-hybridized carbons (Fsp3) is 0.333. The second-order valence-electron chi connectivity index (χ2n) is 3.79. The van der Waals surface area contributed by atoms with Gasteiger partial charge in [0.2, 0.25) is 10.0 Å². The van der Waals surface area contributed by atoms with Crippen LogP contribution in [0.25, 0.3) is 0 Å². The minimum atomic E-state index is -3.89. The lowest BCUT2D eigenvalue weighted by molar-refractivity contribution is 0.558. The maximum Gasteiger partial charge on any atom is 0.243 e. The second kappa shape index (κ2) is 6.80. The maximum absolute atomic E-state index is 13.6. The Morgan fingerprint density at radius 3 is 2.84 bits per heavy atom. The minimum Gasteiger partial charge on any atom is -0.398 e. The summed E-state index contributed by atoms with van der Waals surface area (Å²) in [6.45, 7) is 1.79. The number of hydrogen-bond acceptors (Lipinski definition) is 4. The number of halogens is 1. The largest absolute Gasteiger partial charge is 0.398 e. The molecule has 0 amide bonds. The van der Waals surface area contributed by atoms with Crippen molar-refractivity contribution in [1.29, 1.82) is 0 Å². The lowest BCUT2D eigenvalue weighted by Crippen LogP contribution is -2.27. The Labute approximate surface area is 117 Å². The number of rotatable bonds is 6. The zero-order chi connectivity index (χ0) is 14.5. The highest BCUT2D eigenvalue weighted by Crippen LogP contribution is 2.21. The van der Waals surface area contributed by atoms with E-state index in [1.54, 1.807) is 6.92 Å². The van der Waals surface area contributed by atoms with Gasteiger partial charge < -0.3 is 5.73 Å². The quantitative estimate of drug-likeness (QED) is 0.473. The number of benzene rings is 1. The molecule has 0 radical (unpaired) electrons. The number of nitrogens with one attached hydrogen (secondary N) is 1. The van der Waals surface area contributed by atoms with Crippen LogP contribution in [0.2, 0.25) is 0 Å². The first-order valence-electron chi connectivity index (χ1n) is 5.45. The van der Waals surface area contributed by atoms with E-state index in [1.165, 1.54) is 11.8 Å². The molecular formula is C12H15FN2O2S2. The van der Waals surface area contributed by atoms with Crippen molar-refractivity contribution in [3.63, 3.8) is 0 Å². The molecule has 0 fully saturated rings. The van der Waals surface area contributed by atoms with Crippen LogP contribution in [0.4, 0.5) is 10.1 Å². The standard InChI is InChI=1S/C12H15FN2O2S2/c1-3-5-18-6-4-15-19(16,17)12-8-11(14)9(2)7-10(12)13/h1,7-8,15H,4-6,14H2,2H3. The molecule has 4 nitrogen and oxygen atoms in total. The lowest BCUT2D eigenvalue weighted by Gasteiger charge is -2.09. The van der Waals surface area contributed by atoms with E-state index in [9.17, 15) is 12.8 Å². The summed E-state index contributed by atoms with van der Waals surface area (Å²) in [5.41, 5.74) is 6.34. The van der Waals surface area contributed by atoms with Gasteiger partial charge in [0.05, 0.1) is 5.75 Å². The van der Waals surface area contributed by atoms with Gasteiger partial charge in [0, 0.05) is 18.0 Å². The van der Waals surface area contributed by atoms with Gasteiger partial charge in [-0.3, -0.25) is 0 Å². The summed E-state index contributed by atoms with van der Waals surface area (Å²) in [6.07, 6.45) is 5.07. The summed E-state index contributed by atoms with van der Waals surface area (Å²) in [7, 11) is -3.89. The van der Waals surface area contributed by atoms with Crippen LogP contribution in [0.3, 0.4) is 0 Å². The van der Waals surface area contributed by atoms with E-state index < -0.39 is 20.7 Å². The highest BCUT2D eigenvalue weighted by Gasteiger charge is 2.19. The Morgan fingerprint density at radius 2 is 2.21 bits per heavy atom. The second-order valence-corrected chi connectivity index (χ2v) is 6.63. The van der Waals surface area contributed by atoms with Gasteiger partial charge >= 0.3 is 0 Å². The fourth-order valence-electron chi connectivity index (χ4n) is 1.33. The molecule has 3 N–H and O–H groups in total. The predicted octanol–water partition coefficient (Wildman–Crippen LogP) is 1.36. The van der Waals surface area contributed by atoms with Crippen LogP contribution in [-0.2, 0) is 10.0 Å². The van der Waals surface area contributed by atoms with Gasteiger partial charge in [0.15, 0.2) is 0 Å². The number of nitrogen functional groups attached to an aromatic ring is 1. The molecule has 0 saturated heterocycles. The van der Waals surface area contributed by atoms with Crippen molar-refractivity contribution in [3.8, 4) is 12.3 Å². The average molecular weight is 302 g/mol. The smallest absolute Gasteiger partial charge is 0.243 e. The SMILES string of the molecule is C#CCSCCNS(=O)(=O)c1cc(N)c(C)cc1F. The van der Waals surface area contributed by atoms with Crippen molar-refractivity contribution in [1.82, 2.24) is 4.72 Å². The molecule has 0 saturated carbocycles. The van der Waals surface area contributed by atoms with Crippen molar-refractivity contribution in [2.24, 2.45) is 0 Å². The molecule has 19 heavy (non-hydrogen) atoms. The van der Waals surface area contributed by atoms with Gasteiger partial charge in [0.25, 0.3) is 0 Å². The van der Waals surface area contributed by atoms with E-state index in [0.29, 0.717) is 17.1 Å². The number of terminal acetylenes is 1. The molecule has 0 aliphatic rings. The topological polar surface area (TPSA) is 72.2 Å². The van der Waals surface area contributed by atoms with Crippen molar-refractivity contribution in [3.05, 3.63) is 23.5 Å². The third-order valence-electron chi connectivity index (χ3n) is 2.33. The molecule has 7 heteroatoms. The van der Waals surface area contributed by atoms with Gasteiger partial charge in [-0.15, -0.1) is 18.2 Å². The predicted molar refractivity (Wildman–Crippen MR) is 76.9 cm³/mol. The van der Waals surface area contributed by atoms with Crippen LogP contribution >= 0.6 is 11.8 Å². The Kier molecular flexibility index (Phi) is 5.66. The van der Waals surface area contributed by atoms with Crippen LogP contribution in [0.1, 0.15) is 5.56 Å². The Hall–Kier alpha value is -1.23. The van der Waals surface area contributed by atoms with Crippen LogP contribution in [0.15, 0.2) is 17.0 Å². The molecule has 1 aromatic carbocycles. The number of nitrogens with two attached hydrogens (primary N) is 1. The maximum atomic E-state index is 13.6. The van der Waals surface area contributed by atoms with E-state index in [1.807, 2.05) is 0 Å². The molecule has 0 aromatic heterocycles. The fourth-order valence-corrected chi connectivity index (χ4v) is 3.09. The van der Waals surface area contributed by atoms with Crippen molar-refractivity contribution in [2.75, 3.05) is 23.8 Å². The first-order chi connectivity index (χ1) is 8.88. The highest BCUT2D eigenvalue weighted by atomic mass is 32.2. The first-order valence-corrected chi connectivity index (χ1v) is 8.08. The van der Waals surface area contributed by atoms with Gasteiger partial charge in [-0.1, -0.05) is 5.92 Å². The molecule has 0 atom stereocenters. The van der Waals surface area contributed by atoms with Crippen molar-refractivity contribution < 1.29 is 12.8 Å². The summed E-state index contributed by atoms with van der Waals surface area (Å²) in [6, 6.07) is 2.23. The van der Waals surface area contributed by atoms with E-state index in [2.05, 4.69) is 10.6 Å². The number of sulfonamides is 1. The minimum absolute atomic E-state index is 0.182. The van der Waals surface area contributed by atoms with Gasteiger partial charge in [0.1, 0.15) is 10.7 Å². The molecule has 0 aliphatic carbocycles. The van der Waals surface area contributed by atoms with E-state index in [4.69, 9.17) is 12.2 Å². The highest BCUT2D eigenvalue weighted by molar-refractivity contribution is 7.99. The van der Waals surface area contributed by atoms with Crippen molar-refractivity contribution >= 4 is 27.5 Å². The zero-order valence-corrected chi connectivity index (χ0v) is 12.1. The molecule has 0 unspecified atom stereocenters. The lowest BCUT2D eigenvalue weighted by atomic mass is 10.2. The van der Waals surface area contributed by atoms with Crippen LogP contribution in [-0.4, -0.2) is 26.5 Å². The number of thioether (sulfide) groups is 1. The van der Waals surface area contributed by atoms with Gasteiger partial charge in [-0.05, 0) is 24.6 Å². The van der Waals surface area contributed by atoms with E-state index >= 15 is 0 Å². The molecule has 0 spiro atoms. The summed E-state index contributed by atoms with van der Waals surface area (Å²) in [5.74, 6) is 2.65. The Balaban J connectivity index is 2.78. The van der Waals surface area contributed by atoms with Crippen LogP contribution in [0.5, 0.6) is 0 Å². The van der Waals surface area contributed by atoms with Crippen LogP contribution < -0.4 is 10.5 Å². The average Bonchev–Trinajstić information content (AvgIpc) is 2.33. The monoisotopic (exact) mass is 302 g/mol. The van der Waals surface area contributed by atoms with Crippen molar-refractivity contribution in [2.45, 2.75) is 11.8 Å². The molecule has 0 bridgehead atoms. The third kappa shape index (κ3) is 4.42. The Bertz CT molecular complexity index is 594. The molecular weight excluding hydrogens is 287 g/mol. The summed E-state index contributed by atoms with van der Waals surface area (Å²) in [5, 5.41) is 0. The van der Waals surface area contributed by atoms with Gasteiger partial charge in [-0.25, -0.2) is 17.5 Å². The van der Waals surface area contributed by atoms with Crippen LogP contribution in [0, 0.1) is 25.1 Å². The number of anilines is 1. The van der Waals surface area contributed by atoms with E-state index in [0.717, 1.165) is 12.1 Å². The molecule has 1 aromatic rings. The van der Waals surface area contributed by atoms with E-state index in [-0.39, 0.29) is 12.2 Å². The summed E-state index contributed by atoms with van der Waals surface area (Å²) < 4.78 is 39.7. The third-order valence-corrected chi connectivity index (χ3v) is 4.67. The molecule has 104 valence electrons. The summed E-state index contributed by atoms with van der Waals surface area (Å²) in [4.78, 5) is -0.433. The normalized spacial score (nSPS) is 11.2.